The molecule has 1 atom stereocenters. The molecule has 1 amide bonds. The van der Waals surface area contributed by atoms with Crippen molar-refractivity contribution in [3.8, 4) is 0 Å². The molecule has 0 bridgehead atoms. The predicted molar refractivity (Wildman–Crippen MR) is 93.2 cm³/mol. The van der Waals surface area contributed by atoms with Crippen molar-refractivity contribution >= 4 is 45.0 Å². The maximum Gasteiger partial charge on any atom is 0.238 e. The third kappa shape index (κ3) is 4.94. The number of nitrogens with two attached hydrogens (primary N) is 1. The number of anilines is 1. The van der Waals surface area contributed by atoms with Crippen molar-refractivity contribution in [2.24, 2.45) is 5.14 Å². The van der Waals surface area contributed by atoms with Crippen LogP contribution in [0.4, 0.5) is 10.1 Å². The van der Waals surface area contributed by atoms with Gasteiger partial charge in [-0.05, 0) is 49.4 Å². The molecule has 0 heterocycles. The standard InChI is InChI=1S/C15H14ClFN2O3S2/c1-9(23-11-4-7-14(17)13(16)8-11)15(20)19-10-2-5-12(6-3-10)24(18,21)22/h2-9H,1H3,(H,19,20)(H2,18,21,22)/t9-/m1/s1. The average Bonchev–Trinajstić information content (AvgIpc) is 2.50. The van der Waals surface area contributed by atoms with Crippen molar-refractivity contribution in [3.05, 3.63) is 53.3 Å². The minimum absolute atomic E-state index is 0.00816. The molecule has 2 aromatic rings. The summed E-state index contributed by atoms with van der Waals surface area (Å²) in [6, 6.07) is 9.74. The molecule has 0 aliphatic carbocycles. The number of halogens is 2. The summed E-state index contributed by atoms with van der Waals surface area (Å²) in [7, 11) is -3.77. The maximum absolute atomic E-state index is 13.1. The Kier molecular flexibility index (Phi) is 5.87. The maximum atomic E-state index is 13.1. The summed E-state index contributed by atoms with van der Waals surface area (Å²) in [5.41, 5.74) is 0.442. The van der Waals surface area contributed by atoms with E-state index < -0.39 is 21.1 Å². The summed E-state index contributed by atoms with van der Waals surface area (Å²) in [6.07, 6.45) is 0. The van der Waals surface area contributed by atoms with Crippen molar-refractivity contribution in [2.75, 3.05) is 5.32 Å². The number of hydrogen-bond acceptors (Lipinski definition) is 4. The molecule has 3 N–H and O–H groups in total. The van der Waals surface area contributed by atoms with Crippen molar-refractivity contribution in [1.82, 2.24) is 0 Å². The van der Waals surface area contributed by atoms with E-state index in [-0.39, 0.29) is 15.8 Å². The molecule has 0 aliphatic heterocycles. The summed E-state index contributed by atoms with van der Waals surface area (Å²) in [6.45, 7) is 1.69. The zero-order chi connectivity index (χ0) is 17.9. The molecule has 128 valence electrons. The van der Waals surface area contributed by atoms with Crippen LogP contribution in [0.5, 0.6) is 0 Å². The second kappa shape index (κ2) is 7.52. The van der Waals surface area contributed by atoms with Gasteiger partial charge in [0.05, 0.1) is 15.2 Å². The van der Waals surface area contributed by atoms with Gasteiger partial charge < -0.3 is 5.32 Å². The van der Waals surface area contributed by atoms with E-state index in [9.17, 15) is 17.6 Å². The Morgan fingerprint density at radius 3 is 2.42 bits per heavy atom. The summed E-state index contributed by atoms with van der Waals surface area (Å²) in [4.78, 5) is 12.8. The van der Waals surface area contributed by atoms with Gasteiger partial charge in [-0.2, -0.15) is 0 Å². The Labute approximate surface area is 148 Å². The number of rotatable bonds is 5. The molecule has 5 nitrogen and oxygen atoms in total. The zero-order valence-electron chi connectivity index (χ0n) is 12.5. The van der Waals surface area contributed by atoms with Gasteiger partial charge in [-0.1, -0.05) is 11.6 Å². The largest absolute Gasteiger partial charge is 0.325 e. The Hall–Kier alpha value is -1.61. The van der Waals surface area contributed by atoms with Crippen LogP contribution in [-0.2, 0) is 14.8 Å². The molecule has 9 heteroatoms. The molecular weight excluding hydrogens is 375 g/mol. The number of carbonyl (C=O) groups excluding carboxylic acids is 1. The Bertz CT molecular complexity index is 858. The van der Waals surface area contributed by atoms with Crippen LogP contribution >= 0.6 is 23.4 Å². The van der Waals surface area contributed by atoms with Crippen molar-refractivity contribution < 1.29 is 17.6 Å². The van der Waals surface area contributed by atoms with E-state index in [4.69, 9.17) is 16.7 Å². The normalized spacial score (nSPS) is 12.7. The van der Waals surface area contributed by atoms with Crippen molar-refractivity contribution in [1.29, 1.82) is 0 Å². The molecule has 0 saturated carbocycles. The summed E-state index contributed by atoms with van der Waals surface area (Å²) < 4.78 is 35.5. The van der Waals surface area contributed by atoms with Gasteiger partial charge in [0.15, 0.2) is 0 Å². The van der Waals surface area contributed by atoms with Crippen LogP contribution < -0.4 is 10.5 Å². The van der Waals surface area contributed by atoms with E-state index in [1.807, 2.05) is 0 Å². The summed E-state index contributed by atoms with van der Waals surface area (Å²) in [5.74, 6) is -0.808. The van der Waals surface area contributed by atoms with Crippen LogP contribution in [0.15, 0.2) is 52.3 Å². The number of thioether (sulfide) groups is 1. The van der Waals surface area contributed by atoms with E-state index in [0.29, 0.717) is 10.6 Å². The third-order valence-corrected chi connectivity index (χ3v) is 5.34. The molecule has 24 heavy (non-hydrogen) atoms. The lowest BCUT2D eigenvalue weighted by Crippen LogP contribution is -2.22. The molecule has 0 aliphatic rings. The lowest BCUT2D eigenvalue weighted by atomic mass is 10.3. The molecule has 2 rings (SSSR count). The lowest BCUT2D eigenvalue weighted by molar-refractivity contribution is -0.115. The van der Waals surface area contributed by atoms with Crippen molar-refractivity contribution in [3.63, 3.8) is 0 Å². The second-order valence-electron chi connectivity index (χ2n) is 4.89. The van der Waals surface area contributed by atoms with Crippen molar-refractivity contribution in [2.45, 2.75) is 22.0 Å². The third-order valence-electron chi connectivity index (χ3n) is 3.02. The van der Waals surface area contributed by atoms with Crippen LogP contribution in [0.3, 0.4) is 0 Å². The van der Waals surface area contributed by atoms with Crippen LogP contribution in [0.25, 0.3) is 0 Å². The van der Waals surface area contributed by atoms with Gasteiger partial charge in [0.2, 0.25) is 15.9 Å². The molecule has 0 unspecified atom stereocenters. The topological polar surface area (TPSA) is 89.3 Å². The van der Waals surface area contributed by atoms with Gasteiger partial charge in [-0.15, -0.1) is 11.8 Å². The predicted octanol–water partition coefficient (Wildman–Crippen LogP) is 3.25. The molecule has 2 aromatic carbocycles. The number of hydrogen-bond donors (Lipinski definition) is 2. The minimum Gasteiger partial charge on any atom is -0.325 e. The number of carbonyl (C=O) groups is 1. The van der Waals surface area contributed by atoms with Crippen LogP contribution in [0.1, 0.15) is 6.92 Å². The van der Waals surface area contributed by atoms with Crippen LogP contribution in [-0.4, -0.2) is 19.6 Å². The van der Waals surface area contributed by atoms with E-state index in [0.717, 1.165) is 0 Å². The van der Waals surface area contributed by atoms with Gasteiger partial charge in [0.1, 0.15) is 5.82 Å². The van der Waals surface area contributed by atoms with Gasteiger partial charge in [0.25, 0.3) is 0 Å². The average molecular weight is 389 g/mol. The first-order valence-corrected chi connectivity index (χ1v) is 9.52. The number of nitrogens with one attached hydrogen (secondary N) is 1. The van der Waals surface area contributed by atoms with Gasteiger partial charge in [0, 0.05) is 10.6 Å². The zero-order valence-corrected chi connectivity index (χ0v) is 14.9. The first kappa shape index (κ1) is 18.7. The second-order valence-corrected chi connectivity index (χ2v) is 8.28. The highest BCUT2D eigenvalue weighted by Crippen LogP contribution is 2.28. The highest BCUT2D eigenvalue weighted by molar-refractivity contribution is 8.00. The van der Waals surface area contributed by atoms with Crippen LogP contribution in [0, 0.1) is 5.82 Å². The smallest absolute Gasteiger partial charge is 0.238 e. The quantitative estimate of drug-likeness (QED) is 0.769. The van der Waals surface area contributed by atoms with Gasteiger partial charge >= 0.3 is 0 Å². The van der Waals surface area contributed by atoms with E-state index >= 15 is 0 Å². The first-order chi connectivity index (χ1) is 11.2. The van der Waals surface area contributed by atoms with E-state index in [1.54, 1.807) is 6.92 Å². The molecule has 0 radical (unpaired) electrons. The number of amides is 1. The number of primary sulfonamides is 1. The minimum atomic E-state index is -3.77. The SMILES string of the molecule is C[C@@H](Sc1ccc(F)c(Cl)c1)C(=O)Nc1ccc(S(N)(=O)=O)cc1. The first-order valence-electron chi connectivity index (χ1n) is 6.72. The Balaban J connectivity index is 2.02. The lowest BCUT2D eigenvalue weighted by Gasteiger charge is -2.12. The molecule has 0 aromatic heterocycles. The Morgan fingerprint density at radius 1 is 1.25 bits per heavy atom. The monoisotopic (exact) mass is 388 g/mol. The fourth-order valence-electron chi connectivity index (χ4n) is 1.78. The summed E-state index contributed by atoms with van der Waals surface area (Å²) >= 11 is 6.93. The van der Waals surface area contributed by atoms with Gasteiger partial charge in [-0.3, -0.25) is 4.79 Å². The van der Waals surface area contributed by atoms with E-state index in [2.05, 4.69) is 5.32 Å². The summed E-state index contributed by atoms with van der Waals surface area (Å²) in [5, 5.41) is 7.20. The van der Waals surface area contributed by atoms with Crippen LogP contribution in [0.2, 0.25) is 5.02 Å². The molecular formula is C15H14ClFN2O3S2. The number of sulfonamides is 1. The molecule has 0 spiro atoms. The fraction of sp³-hybridized carbons (Fsp3) is 0.133. The molecule has 0 saturated heterocycles. The highest BCUT2D eigenvalue weighted by Gasteiger charge is 2.16. The molecule has 0 fully saturated rings. The van der Waals surface area contributed by atoms with Gasteiger partial charge in [-0.25, -0.2) is 17.9 Å². The van der Waals surface area contributed by atoms with E-state index in [1.165, 1.54) is 54.2 Å². The Morgan fingerprint density at radius 2 is 1.88 bits per heavy atom. The fourth-order valence-corrected chi connectivity index (χ4v) is 3.45. The highest BCUT2D eigenvalue weighted by atomic mass is 35.5. The number of benzene rings is 2.